The minimum Gasteiger partial charge on any atom is -0.466 e. The van der Waals surface area contributed by atoms with Gasteiger partial charge in [0.15, 0.2) is 0 Å². The summed E-state index contributed by atoms with van der Waals surface area (Å²) in [7, 11) is 0. The molecule has 120 valence electrons. The highest BCUT2D eigenvalue weighted by molar-refractivity contribution is 5.83. The maximum absolute atomic E-state index is 12.1. The van der Waals surface area contributed by atoms with Crippen molar-refractivity contribution in [1.82, 2.24) is 0 Å². The molecule has 1 saturated carbocycles. The van der Waals surface area contributed by atoms with Gasteiger partial charge in [-0.05, 0) is 62.9 Å². The van der Waals surface area contributed by atoms with Crippen LogP contribution in [0.3, 0.4) is 0 Å². The smallest absolute Gasteiger partial charge is 0.306 e. The summed E-state index contributed by atoms with van der Waals surface area (Å²) in [5, 5.41) is 0. The summed E-state index contributed by atoms with van der Waals surface area (Å²) in [4.78, 5) is 24.2. The van der Waals surface area contributed by atoms with Gasteiger partial charge in [0.1, 0.15) is 5.78 Å². The van der Waals surface area contributed by atoms with Gasteiger partial charge in [0.05, 0.1) is 6.61 Å². The minimum atomic E-state index is -0.157. The number of allylic oxidation sites excluding steroid dienone is 4. The van der Waals surface area contributed by atoms with E-state index in [1.807, 2.05) is 6.92 Å². The Labute approximate surface area is 132 Å². The fraction of sp³-hybridized carbons (Fsp3) is 0.684. The summed E-state index contributed by atoms with van der Waals surface area (Å²) >= 11 is 0. The lowest BCUT2D eigenvalue weighted by Crippen LogP contribution is -2.33. The average Bonchev–Trinajstić information content (AvgIpc) is 3.03. The second kappa shape index (κ2) is 6.02. The number of Topliss-reactive ketones (excluding diaryl/α,β-unsaturated/α-hetero) is 1. The molecule has 3 nitrogen and oxygen atoms in total. The molecule has 0 saturated heterocycles. The summed E-state index contributed by atoms with van der Waals surface area (Å²) in [6.07, 6.45) is 8.67. The maximum atomic E-state index is 12.1. The average molecular weight is 302 g/mol. The molecule has 5 atom stereocenters. The van der Waals surface area contributed by atoms with Crippen molar-refractivity contribution >= 4 is 11.8 Å². The first kappa shape index (κ1) is 15.5. The zero-order valence-corrected chi connectivity index (χ0v) is 13.8. The summed E-state index contributed by atoms with van der Waals surface area (Å²) in [5.41, 5.74) is 2.66. The van der Waals surface area contributed by atoms with E-state index in [0.29, 0.717) is 30.8 Å². The first-order chi connectivity index (χ1) is 10.5. The topological polar surface area (TPSA) is 43.4 Å². The van der Waals surface area contributed by atoms with Gasteiger partial charge in [-0.15, -0.1) is 0 Å². The third kappa shape index (κ3) is 2.55. The van der Waals surface area contributed by atoms with Gasteiger partial charge in [-0.1, -0.05) is 24.1 Å². The van der Waals surface area contributed by atoms with Crippen LogP contribution < -0.4 is 0 Å². The van der Waals surface area contributed by atoms with Gasteiger partial charge in [-0.25, -0.2) is 0 Å². The van der Waals surface area contributed by atoms with E-state index in [9.17, 15) is 9.59 Å². The Kier molecular flexibility index (Phi) is 4.24. The zero-order valence-electron chi connectivity index (χ0n) is 13.8. The number of carbonyl (C=O) groups excluding carboxylic acids is 2. The maximum Gasteiger partial charge on any atom is 0.306 e. The molecule has 0 radical (unpaired) electrons. The normalized spacial score (nSPS) is 36.2. The van der Waals surface area contributed by atoms with Crippen molar-refractivity contribution in [3.05, 3.63) is 23.3 Å². The third-order valence-electron chi connectivity index (χ3n) is 5.82. The molecule has 0 heterocycles. The van der Waals surface area contributed by atoms with Gasteiger partial charge in [0, 0.05) is 12.3 Å². The van der Waals surface area contributed by atoms with Crippen LogP contribution >= 0.6 is 0 Å². The predicted molar refractivity (Wildman–Crippen MR) is 85.1 cm³/mol. The van der Waals surface area contributed by atoms with E-state index < -0.39 is 0 Å². The Morgan fingerprint density at radius 1 is 1.27 bits per heavy atom. The molecule has 3 aliphatic rings. The molecule has 0 bridgehead atoms. The Morgan fingerprint density at radius 2 is 2.05 bits per heavy atom. The number of fused-ring (bicyclic) bond motifs is 3. The summed E-state index contributed by atoms with van der Waals surface area (Å²) in [6, 6.07) is 0. The molecule has 3 heteroatoms. The largest absolute Gasteiger partial charge is 0.466 e. The second-order valence-electron chi connectivity index (χ2n) is 7.07. The summed E-state index contributed by atoms with van der Waals surface area (Å²) < 4.78 is 5.16. The molecule has 3 aliphatic carbocycles. The molecule has 0 aliphatic heterocycles. The second-order valence-corrected chi connectivity index (χ2v) is 7.07. The number of ketones is 1. The van der Waals surface area contributed by atoms with E-state index in [1.165, 1.54) is 30.4 Å². The van der Waals surface area contributed by atoms with Crippen LogP contribution in [0.25, 0.3) is 0 Å². The van der Waals surface area contributed by atoms with Gasteiger partial charge < -0.3 is 4.74 Å². The van der Waals surface area contributed by atoms with Crippen molar-refractivity contribution < 1.29 is 14.3 Å². The quantitative estimate of drug-likeness (QED) is 0.744. The van der Waals surface area contributed by atoms with Crippen LogP contribution in [0.1, 0.15) is 46.5 Å². The molecule has 1 fully saturated rings. The number of carbonyl (C=O) groups is 2. The summed E-state index contributed by atoms with van der Waals surface area (Å²) in [6.45, 7) is 6.06. The molecule has 0 unspecified atom stereocenters. The Morgan fingerprint density at radius 3 is 2.73 bits per heavy atom. The zero-order chi connectivity index (χ0) is 15.9. The third-order valence-corrected chi connectivity index (χ3v) is 5.82. The number of hydrogen-bond acceptors (Lipinski definition) is 3. The molecule has 0 aromatic carbocycles. The van der Waals surface area contributed by atoms with Crippen LogP contribution in [0.2, 0.25) is 0 Å². The fourth-order valence-electron chi connectivity index (χ4n) is 5.00. The van der Waals surface area contributed by atoms with E-state index >= 15 is 0 Å². The minimum absolute atomic E-state index is 0.0980. The van der Waals surface area contributed by atoms with Crippen molar-refractivity contribution in [3.63, 3.8) is 0 Å². The molecule has 22 heavy (non-hydrogen) atoms. The molecular weight excluding hydrogens is 276 g/mol. The van der Waals surface area contributed by atoms with Crippen LogP contribution in [-0.2, 0) is 14.3 Å². The Hall–Kier alpha value is -1.38. The van der Waals surface area contributed by atoms with Gasteiger partial charge in [-0.3, -0.25) is 9.59 Å². The van der Waals surface area contributed by atoms with E-state index in [0.717, 1.165) is 0 Å². The van der Waals surface area contributed by atoms with Crippen LogP contribution in [0, 0.1) is 29.6 Å². The summed E-state index contributed by atoms with van der Waals surface area (Å²) in [5.74, 6) is 1.62. The van der Waals surface area contributed by atoms with Gasteiger partial charge in [0.2, 0.25) is 0 Å². The number of ether oxygens (including phenoxy) is 1. The SMILES string of the molecule is CCOC(=O)C[C@H]1[C@H]2C(=C[C@H]1C(C)=O)C(C)=C[C@H]1CCC[C@H]21. The van der Waals surface area contributed by atoms with E-state index in [-0.39, 0.29) is 23.6 Å². The lowest BCUT2D eigenvalue weighted by atomic mass is 9.67. The standard InChI is InChI=1S/C19H26O3/c1-4-22-18(21)10-17-16(12(3)20)9-15-11(2)8-13-6-5-7-14(13)19(15)17/h8-9,13-14,16-17,19H,4-7,10H2,1-3H3/t13-,14+,16+,17-,19-/m1/s1. The lowest BCUT2D eigenvalue weighted by molar-refractivity contribution is -0.145. The molecule has 0 aromatic rings. The van der Waals surface area contributed by atoms with Crippen molar-refractivity contribution in [2.45, 2.75) is 46.5 Å². The van der Waals surface area contributed by atoms with E-state index in [2.05, 4.69) is 19.1 Å². The molecule has 0 spiro atoms. The fourth-order valence-corrected chi connectivity index (χ4v) is 5.00. The highest BCUT2D eigenvalue weighted by Gasteiger charge is 2.49. The van der Waals surface area contributed by atoms with Crippen LogP contribution in [0.15, 0.2) is 23.3 Å². The van der Waals surface area contributed by atoms with Crippen LogP contribution in [0.4, 0.5) is 0 Å². The first-order valence-corrected chi connectivity index (χ1v) is 8.59. The van der Waals surface area contributed by atoms with Crippen molar-refractivity contribution in [1.29, 1.82) is 0 Å². The van der Waals surface area contributed by atoms with Gasteiger partial charge in [0.25, 0.3) is 0 Å². The van der Waals surface area contributed by atoms with E-state index in [4.69, 9.17) is 4.74 Å². The monoisotopic (exact) mass is 302 g/mol. The molecular formula is C19H26O3. The van der Waals surface area contributed by atoms with Crippen molar-refractivity contribution in [2.24, 2.45) is 29.6 Å². The highest BCUT2D eigenvalue weighted by Crippen LogP contribution is 2.55. The Bertz CT molecular complexity index is 543. The van der Waals surface area contributed by atoms with Gasteiger partial charge in [-0.2, -0.15) is 0 Å². The Balaban J connectivity index is 1.91. The molecule has 0 aromatic heterocycles. The van der Waals surface area contributed by atoms with Crippen LogP contribution in [-0.4, -0.2) is 18.4 Å². The van der Waals surface area contributed by atoms with Gasteiger partial charge >= 0.3 is 5.97 Å². The number of rotatable bonds is 4. The molecule has 0 amide bonds. The van der Waals surface area contributed by atoms with Crippen molar-refractivity contribution in [2.75, 3.05) is 6.61 Å². The van der Waals surface area contributed by atoms with E-state index in [1.54, 1.807) is 6.92 Å². The van der Waals surface area contributed by atoms with Crippen molar-refractivity contribution in [3.8, 4) is 0 Å². The highest BCUT2D eigenvalue weighted by atomic mass is 16.5. The molecule has 3 rings (SSSR count). The lowest BCUT2D eigenvalue weighted by Gasteiger charge is -2.36. The number of esters is 1. The first-order valence-electron chi connectivity index (χ1n) is 8.59. The van der Waals surface area contributed by atoms with Crippen LogP contribution in [0.5, 0.6) is 0 Å². The predicted octanol–water partition coefficient (Wildman–Crippen LogP) is 3.69. The molecule has 0 N–H and O–H groups in total. The number of hydrogen-bond donors (Lipinski definition) is 0.